The number of anilines is 1. The molecule has 136 valence electrons. The number of rotatable bonds is 5. The number of hydrogen-bond acceptors (Lipinski definition) is 5. The number of sulfonamides is 1. The Hall–Kier alpha value is -2.87. The molecule has 26 heavy (non-hydrogen) atoms. The lowest BCUT2D eigenvalue weighted by atomic mass is 10.1. The average Bonchev–Trinajstić information content (AvgIpc) is 3.02. The van der Waals surface area contributed by atoms with Crippen molar-refractivity contribution in [3.63, 3.8) is 0 Å². The summed E-state index contributed by atoms with van der Waals surface area (Å²) in [7, 11) is -0.345. The maximum atomic E-state index is 12.9. The summed E-state index contributed by atoms with van der Waals surface area (Å²) in [5.74, 6) is 1.31. The highest BCUT2D eigenvalue weighted by Gasteiger charge is 2.19. The van der Waals surface area contributed by atoms with Gasteiger partial charge in [-0.1, -0.05) is 12.1 Å². The van der Waals surface area contributed by atoms with Crippen molar-refractivity contribution in [3.05, 3.63) is 53.9 Å². The second kappa shape index (κ2) is 6.80. The SMILES string of the molecule is COc1cc(C)c(S(=O)(=O)Nc2cccc(-c3nncn3C)c2)cc1C. The number of hydrogen-bond donors (Lipinski definition) is 1. The number of aromatic nitrogens is 3. The number of ether oxygens (including phenoxy) is 1. The summed E-state index contributed by atoms with van der Waals surface area (Å²) in [6.45, 7) is 3.55. The molecule has 0 aliphatic rings. The quantitative estimate of drug-likeness (QED) is 0.744. The van der Waals surface area contributed by atoms with Crippen LogP contribution in [-0.2, 0) is 17.1 Å². The highest BCUT2D eigenvalue weighted by atomic mass is 32.2. The second-order valence-electron chi connectivity index (χ2n) is 6.04. The van der Waals surface area contributed by atoms with E-state index in [1.54, 1.807) is 55.3 Å². The number of methoxy groups -OCH3 is 1. The van der Waals surface area contributed by atoms with E-state index in [9.17, 15) is 8.42 Å². The van der Waals surface area contributed by atoms with Crippen LogP contribution in [-0.4, -0.2) is 30.3 Å². The Labute approximate surface area is 152 Å². The van der Waals surface area contributed by atoms with Crippen molar-refractivity contribution in [2.24, 2.45) is 7.05 Å². The van der Waals surface area contributed by atoms with Gasteiger partial charge in [-0.25, -0.2) is 8.42 Å². The lowest BCUT2D eigenvalue weighted by Gasteiger charge is -2.14. The van der Waals surface area contributed by atoms with Crippen molar-refractivity contribution in [3.8, 4) is 17.1 Å². The maximum Gasteiger partial charge on any atom is 0.262 e. The lowest BCUT2D eigenvalue weighted by molar-refractivity contribution is 0.411. The zero-order valence-corrected chi connectivity index (χ0v) is 15.8. The Morgan fingerprint density at radius 2 is 1.88 bits per heavy atom. The van der Waals surface area contributed by atoms with Crippen LogP contribution < -0.4 is 9.46 Å². The van der Waals surface area contributed by atoms with E-state index in [0.29, 0.717) is 22.8 Å². The molecular formula is C18H20N4O3S. The Morgan fingerprint density at radius 1 is 1.12 bits per heavy atom. The molecule has 0 aliphatic heterocycles. The fraction of sp³-hybridized carbons (Fsp3) is 0.222. The van der Waals surface area contributed by atoms with Gasteiger partial charge < -0.3 is 9.30 Å². The average molecular weight is 372 g/mol. The summed E-state index contributed by atoms with van der Waals surface area (Å²) in [6, 6.07) is 10.4. The molecule has 0 spiro atoms. The standard InChI is InChI=1S/C18H20N4O3S/c1-12-9-17(13(2)8-16(12)25-4)26(23,24)21-15-7-5-6-14(10-15)18-20-19-11-22(18)3/h5-11,21H,1-4H3. The van der Waals surface area contributed by atoms with Gasteiger partial charge in [0.1, 0.15) is 12.1 Å². The summed E-state index contributed by atoms with van der Waals surface area (Å²) in [5, 5.41) is 7.90. The molecule has 1 heterocycles. The molecule has 3 aromatic rings. The summed E-state index contributed by atoms with van der Waals surface area (Å²) in [6.07, 6.45) is 1.59. The molecule has 0 bridgehead atoms. The molecule has 0 saturated heterocycles. The Kier molecular flexibility index (Phi) is 4.69. The highest BCUT2D eigenvalue weighted by Crippen LogP contribution is 2.28. The van der Waals surface area contributed by atoms with Gasteiger partial charge in [-0.05, 0) is 49.2 Å². The normalized spacial score (nSPS) is 11.4. The largest absolute Gasteiger partial charge is 0.496 e. The van der Waals surface area contributed by atoms with E-state index in [4.69, 9.17) is 4.74 Å². The molecule has 0 radical (unpaired) electrons. The Bertz CT molecular complexity index is 1060. The van der Waals surface area contributed by atoms with Gasteiger partial charge in [-0.3, -0.25) is 4.72 Å². The minimum absolute atomic E-state index is 0.222. The minimum Gasteiger partial charge on any atom is -0.496 e. The molecule has 1 N–H and O–H groups in total. The first-order valence-electron chi connectivity index (χ1n) is 7.94. The topological polar surface area (TPSA) is 86.1 Å². The Morgan fingerprint density at radius 3 is 2.54 bits per heavy atom. The van der Waals surface area contributed by atoms with Gasteiger partial charge in [0.2, 0.25) is 0 Å². The van der Waals surface area contributed by atoms with Crippen molar-refractivity contribution in [1.82, 2.24) is 14.8 Å². The number of nitrogens with zero attached hydrogens (tertiary/aromatic N) is 3. The summed E-state index contributed by atoms with van der Waals surface area (Å²) >= 11 is 0. The van der Waals surface area contributed by atoms with E-state index < -0.39 is 10.0 Å². The van der Waals surface area contributed by atoms with Crippen LogP contribution in [0.5, 0.6) is 5.75 Å². The molecule has 0 amide bonds. The third kappa shape index (κ3) is 3.41. The van der Waals surface area contributed by atoms with E-state index >= 15 is 0 Å². The van der Waals surface area contributed by atoms with E-state index in [-0.39, 0.29) is 4.90 Å². The molecule has 7 nitrogen and oxygen atoms in total. The first-order valence-corrected chi connectivity index (χ1v) is 9.42. The first-order chi connectivity index (χ1) is 12.3. The van der Waals surface area contributed by atoms with Gasteiger partial charge in [-0.2, -0.15) is 0 Å². The predicted octanol–water partition coefficient (Wildman–Crippen LogP) is 2.91. The number of nitrogens with one attached hydrogen (secondary N) is 1. The molecule has 1 aromatic heterocycles. The van der Waals surface area contributed by atoms with Gasteiger partial charge in [0.05, 0.1) is 12.0 Å². The van der Waals surface area contributed by atoms with Crippen molar-refractivity contribution < 1.29 is 13.2 Å². The van der Waals surface area contributed by atoms with Crippen LogP contribution in [0.4, 0.5) is 5.69 Å². The van der Waals surface area contributed by atoms with Gasteiger partial charge >= 0.3 is 0 Å². The maximum absolute atomic E-state index is 12.9. The predicted molar refractivity (Wildman–Crippen MR) is 99.7 cm³/mol. The second-order valence-corrected chi connectivity index (χ2v) is 7.69. The zero-order chi connectivity index (χ0) is 18.9. The van der Waals surface area contributed by atoms with Crippen LogP contribution in [0.2, 0.25) is 0 Å². The van der Waals surface area contributed by atoms with Crippen LogP contribution in [0.15, 0.2) is 47.6 Å². The van der Waals surface area contributed by atoms with Gasteiger partial charge in [0.25, 0.3) is 10.0 Å². The fourth-order valence-electron chi connectivity index (χ4n) is 2.75. The van der Waals surface area contributed by atoms with Gasteiger partial charge in [0.15, 0.2) is 5.82 Å². The first kappa shape index (κ1) is 17.9. The lowest BCUT2D eigenvalue weighted by Crippen LogP contribution is -2.14. The summed E-state index contributed by atoms with van der Waals surface area (Å²) in [5.41, 5.74) is 2.60. The molecular weight excluding hydrogens is 352 g/mol. The molecule has 0 aliphatic carbocycles. The van der Waals surface area contributed by atoms with Gasteiger partial charge in [0, 0.05) is 18.3 Å². The van der Waals surface area contributed by atoms with Crippen LogP contribution >= 0.6 is 0 Å². The van der Waals surface area contributed by atoms with Crippen molar-refractivity contribution in [2.45, 2.75) is 18.7 Å². The highest BCUT2D eigenvalue weighted by molar-refractivity contribution is 7.92. The number of benzene rings is 2. The smallest absolute Gasteiger partial charge is 0.262 e. The molecule has 8 heteroatoms. The molecule has 0 unspecified atom stereocenters. The van der Waals surface area contributed by atoms with Crippen molar-refractivity contribution in [1.29, 1.82) is 0 Å². The van der Waals surface area contributed by atoms with Crippen molar-refractivity contribution in [2.75, 3.05) is 11.8 Å². The molecule has 0 fully saturated rings. The Balaban J connectivity index is 1.96. The minimum atomic E-state index is -3.74. The van der Waals surface area contributed by atoms with E-state index in [1.807, 2.05) is 20.0 Å². The third-order valence-corrected chi connectivity index (χ3v) is 5.59. The molecule has 0 saturated carbocycles. The van der Waals surface area contributed by atoms with E-state index in [0.717, 1.165) is 11.1 Å². The summed E-state index contributed by atoms with van der Waals surface area (Å²) < 4.78 is 35.4. The summed E-state index contributed by atoms with van der Waals surface area (Å²) in [4.78, 5) is 0.222. The van der Waals surface area contributed by atoms with Crippen LogP contribution in [0.1, 0.15) is 11.1 Å². The van der Waals surface area contributed by atoms with Crippen molar-refractivity contribution >= 4 is 15.7 Å². The monoisotopic (exact) mass is 372 g/mol. The molecule has 2 aromatic carbocycles. The fourth-order valence-corrected chi connectivity index (χ4v) is 4.11. The zero-order valence-electron chi connectivity index (χ0n) is 15.0. The van der Waals surface area contributed by atoms with E-state index in [1.165, 1.54) is 0 Å². The van der Waals surface area contributed by atoms with Crippen LogP contribution in [0.25, 0.3) is 11.4 Å². The number of aryl methyl sites for hydroxylation is 3. The third-order valence-electron chi connectivity index (χ3n) is 4.07. The van der Waals surface area contributed by atoms with Gasteiger partial charge in [-0.15, -0.1) is 10.2 Å². The molecule has 0 atom stereocenters. The van der Waals surface area contributed by atoms with Crippen LogP contribution in [0.3, 0.4) is 0 Å². The van der Waals surface area contributed by atoms with E-state index in [2.05, 4.69) is 14.9 Å². The molecule has 3 rings (SSSR count). The van der Waals surface area contributed by atoms with Crippen LogP contribution in [0, 0.1) is 13.8 Å².